The summed E-state index contributed by atoms with van der Waals surface area (Å²) in [4.78, 5) is 17.6. The average molecular weight is 276 g/mol. The minimum absolute atomic E-state index is 0.0647. The second-order valence-corrected chi connectivity index (χ2v) is 4.41. The van der Waals surface area contributed by atoms with Crippen LogP contribution in [0.15, 0.2) is 18.2 Å². The first-order chi connectivity index (χ1) is 9.51. The molecule has 0 saturated heterocycles. The predicted molar refractivity (Wildman–Crippen MR) is 71.6 cm³/mol. The highest BCUT2D eigenvalue weighted by atomic mass is 16.5. The van der Waals surface area contributed by atoms with Crippen molar-refractivity contribution in [1.29, 1.82) is 0 Å². The molecule has 1 aromatic heterocycles. The number of aromatic hydroxyl groups is 1. The van der Waals surface area contributed by atoms with Gasteiger partial charge in [0.25, 0.3) is 5.91 Å². The maximum atomic E-state index is 12.1. The van der Waals surface area contributed by atoms with E-state index in [1.54, 1.807) is 26.1 Å². The van der Waals surface area contributed by atoms with Crippen molar-refractivity contribution < 1.29 is 14.6 Å². The van der Waals surface area contributed by atoms with Crippen LogP contribution in [-0.4, -0.2) is 45.3 Å². The predicted octanol–water partition coefficient (Wildman–Crippen LogP) is 1.10. The quantitative estimate of drug-likeness (QED) is 0.872. The number of ether oxygens (including phenoxy) is 1. The Hall–Kier alpha value is -2.57. The van der Waals surface area contributed by atoms with E-state index in [9.17, 15) is 9.90 Å². The molecular formula is C13H16N4O3. The summed E-state index contributed by atoms with van der Waals surface area (Å²) in [5.74, 6) is 0.886. The Morgan fingerprint density at radius 1 is 1.50 bits per heavy atom. The molecule has 0 atom stereocenters. The Morgan fingerprint density at radius 3 is 2.85 bits per heavy atom. The van der Waals surface area contributed by atoms with Gasteiger partial charge >= 0.3 is 0 Å². The van der Waals surface area contributed by atoms with Gasteiger partial charge in [0.05, 0.1) is 7.11 Å². The summed E-state index contributed by atoms with van der Waals surface area (Å²) in [7, 11) is 3.14. The highest BCUT2D eigenvalue weighted by Crippen LogP contribution is 2.26. The van der Waals surface area contributed by atoms with Gasteiger partial charge in [-0.1, -0.05) is 6.07 Å². The fourth-order valence-electron chi connectivity index (χ4n) is 1.78. The van der Waals surface area contributed by atoms with E-state index < -0.39 is 0 Å². The van der Waals surface area contributed by atoms with Crippen LogP contribution in [0.5, 0.6) is 11.5 Å². The Labute approximate surface area is 116 Å². The molecule has 7 nitrogen and oxygen atoms in total. The normalized spacial score (nSPS) is 10.3. The van der Waals surface area contributed by atoms with E-state index in [0.717, 1.165) is 5.56 Å². The number of rotatable bonds is 4. The molecule has 0 aliphatic heterocycles. The molecule has 2 N–H and O–H groups in total. The van der Waals surface area contributed by atoms with Crippen molar-refractivity contribution in [3.63, 3.8) is 0 Å². The smallest absolute Gasteiger partial charge is 0.293 e. The first-order valence-electron chi connectivity index (χ1n) is 6.01. The largest absolute Gasteiger partial charge is 0.504 e. The lowest BCUT2D eigenvalue weighted by atomic mass is 10.2. The Morgan fingerprint density at radius 2 is 2.25 bits per heavy atom. The summed E-state index contributed by atoms with van der Waals surface area (Å²) in [6, 6.07) is 4.94. The maximum absolute atomic E-state index is 12.1. The molecule has 1 aromatic carbocycles. The number of aryl methyl sites for hydroxylation is 1. The summed E-state index contributed by atoms with van der Waals surface area (Å²) in [5.41, 5.74) is 0.836. The number of carbonyl (C=O) groups is 1. The average Bonchev–Trinajstić information content (AvgIpc) is 2.86. The lowest BCUT2D eigenvalue weighted by Gasteiger charge is -2.16. The minimum Gasteiger partial charge on any atom is -0.504 e. The van der Waals surface area contributed by atoms with Gasteiger partial charge < -0.3 is 14.7 Å². The maximum Gasteiger partial charge on any atom is 0.293 e. The number of aromatic nitrogens is 3. The van der Waals surface area contributed by atoms with Crippen molar-refractivity contribution in [2.24, 2.45) is 0 Å². The SMILES string of the molecule is COc1cc(CN(C)C(=O)c2n[nH]c(C)n2)ccc1O. The molecule has 1 heterocycles. The van der Waals surface area contributed by atoms with Crippen molar-refractivity contribution >= 4 is 5.91 Å². The third-order valence-corrected chi connectivity index (χ3v) is 2.80. The highest BCUT2D eigenvalue weighted by Gasteiger charge is 2.17. The Balaban J connectivity index is 2.11. The van der Waals surface area contributed by atoms with Gasteiger partial charge in [0, 0.05) is 13.6 Å². The number of H-pyrrole nitrogens is 1. The molecule has 0 aliphatic rings. The monoisotopic (exact) mass is 276 g/mol. The first-order valence-corrected chi connectivity index (χ1v) is 6.01. The number of hydrogen-bond donors (Lipinski definition) is 2. The van der Waals surface area contributed by atoms with E-state index in [2.05, 4.69) is 15.2 Å². The van der Waals surface area contributed by atoms with Crippen LogP contribution in [0.3, 0.4) is 0 Å². The Bertz CT molecular complexity index is 624. The lowest BCUT2D eigenvalue weighted by molar-refractivity contribution is 0.0773. The van der Waals surface area contributed by atoms with Gasteiger partial charge in [-0.25, -0.2) is 4.98 Å². The third-order valence-electron chi connectivity index (χ3n) is 2.80. The molecular weight excluding hydrogens is 260 g/mol. The second kappa shape index (κ2) is 5.60. The van der Waals surface area contributed by atoms with E-state index in [4.69, 9.17) is 4.74 Å². The van der Waals surface area contributed by atoms with Crippen molar-refractivity contribution in [1.82, 2.24) is 20.1 Å². The van der Waals surface area contributed by atoms with Crippen molar-refractivity contribution in [3.8, 4) is 11.5 Å². The van der Waals surface area contributed by atoms with Crippen molar-refractivity contribution in [2.45, 2.75) is 13.5 Å². The van der Waals surface area contributed by atoms with Crippen LogP contribution in [0, 0.1) is 6.92 Å². The van der Waals surface area contributed by atoms with Crippen LogP contribution in [0.2, 0.25) is 0 Å². The summed E-state index contributed by atoms with van der Waals surface area (Å²) in [6.45, 7) is 2.09. The van der Waals surface area contributed by atoms with Gasteiger partial charge in [-0.3, -0.25) is 9.89 Å². The molecule has 0 bridgehead atoms. The molecule has 1 amide bonds. The van der Waals surface area contributed by atoms with Crippen LogP contribution >= 0.6 is 0 Å². The molecule has 106 valence electrons. The first kappa shape index (κ1) is 13.9. The standard InChI is InChI=1S/C13H16N4O3/c1-8-14-12(16-15-8)13(19)17(2)7-9-4-5-10(18)11(6-9)20-3/h4-6,18H,7H2,1-3H3,(H,14,15,16). The number of carbonyl (C=O) groups excluding carboxylic acids is 1. The fourth-order valence-corrected chi connectivity index (χ4v) is 1.78. The molecule has 0 fully saturated rings. The second-order valence-electron chi connectivity index (χ2n) is 4.41. The number of phenolic OH excluding ortho intramolecular Hbond substituents is 1. The minimum atomic E-state index is -0.276. The van der Waals surface area contributed by atoms with E-state index in [1.807, 2.05) is 0 Å². The molecule has 0 saturated carbocycles. The summed E-state index contributed by atoms with van der Waals surface area (Å²) in [5, 5.41) is 16.0. The third kappa shape index (κ3) is 2.87. The fraction of sp³-hybridized carbons (Fsp3) is 0.308. The molecule has 0 radical (unpaired) electrons. The van der Waals surface area contributed by atoms with Gasteiger partial charge in [-0.05, 0) is 24.6 Å². The number of nitrogens with one attached hydrogen (secondary N) is 1. The molecule has 20 heavy (non-hydrogen) atoms. The zero-order chi connectivity index (χ0) is 14.7. The lowest BCUT2D eigenvalue weighted by Crippen LogP contribution is -2.27. The molecule has 0 unspecified atom stereocenters. The number of nitrogens with zero attached hydrogens (tertiary/aromatic N) is 3. The molecule has 0 spiro atoms. The zero-order valence-corrected chi connectivity index (χ0v) is 11.5. The summed E-state index contributed by atoms with van der Waals surface area (Å²) in [6.07, 6.45) is 0. The molecule has 2 aromatic rings. The number of hydrogen-bond acceptors (Lipinski definition) is 5. The zero-order valence-electron chi connectivity index (χ0n) is 11.5. The summed E-state index contributed by atoms with van der Waals surface area (Å²) < 4.78 is 5.03. The molecule has 2 rings (SSSR count). The van der Waals surface area contributed by atoms with Crippen molar-refractivity contribution in [2.75, 3.05) is 14.2 Å². The van der Waals surface area contributed by atoms with Crippen LogP contribution in [0.25, 0.3) is 0 Å². The van der Waals surface area contributed by atoms with Crippen LogP contribution < -0.4 is 4.74 Å². The molecule has 7 heteroatoms. The van der Waals surface area contributed by atoms with Gasteiger partial charge in [0.1, 0.15) is 5.82 Å². The van der Waals surface area contributed by atoms with E-state index in [0.29, 0.717) is 18.1 Å². The number of aromatic amines is 1. The number of phenols is 1. The van der Waals surface area contributed by atoms with Gasteiger partial charge in [-0.2, -0.15) is 0 Å². The number of methoxy groups -OCH3 is 1. The van der Waals surface area contributed by atoms with Gasteiger partial charge in [-0.15, -0.1) is 5.10 Å². The van der Waals surface area contributed by atoms with Crippen LogP contribution in [-0.2, 0) is 6.54 Å². The highest BCUT2D eigenvalue weighted by molar-refractivity contribution is 5.90. The Kier molecular flexibility index (Phi) is 3.88. The van der Waals surface area contributed by atoms with Crippen molar-refractivity contribution in [3.05, 3.63) is 35.4 Å². The van der Waals surface area contributed by atoms with Crippen LogP contribution in [0.4, 0.5) is 0 Å². The van der Waals surface area contributed by atoms with Gasteiger partial charge in [0.2, 0.25) is 5.82 Å². The van der Waals surface area contributed by atoms with Gasteiger partial charge in [0.15, 0.2) is 11.5 Å². The van der Waals surface area contributed by atoms with E-state index in [1.165, 1.54) is 18.1 Å². The van der Waals surface area contributed by atoms with E-state index >= 15 is 0 Å². The number of amides is 1. The summed E-state index contributed by atoms with van der Waals surface area (Å²) >= 11 is 0. The van der Waals surface area contributed by atoms with Crippen LogP contribution in [0.1, 0.15) is 22.0 Å². The topological polar surface area (TPSA) is 91.3 Å². The number of benzene rings is 1. The molecule has 0 aliphatic carbocycles. The van der Waals surface area contributed by atoms with E-state index in [-0.39, 0.29) is 17.5 Å².